The van der Waals surface area contributed by atoms with Crippen molar-refractivity contribution in [2.45, 2.75) is 32.6 Å². The first-order chi connectivity index (χ1) is 8.31. The summed E-state index contributed by atoms with van der Waals surface area (Å²) in [4.78, 5) is 0. The van der Waals surface area contributed by atoms with Crippen molar-refractivity contribution in [1.82, 2.24) is 0 Å². The number of ether oxygens (including phenoxy) is 1. The van der Waals surface area contributed by atoms with Crippen LogP contribution in [-0.4, -0.2) is 12.4 Å². The smallest absolute Gasteiger partial charge is 0.133 e. The predicted octanol–water partition coefficient (Wildman–Crippen LogP) is 4.18. The second kappa shape index (κ2) is 8.03. The summed E-state index contributed by atoms with van der Waals surface area (Å²) < 4.78 is 5.43. The predicted molar refractivity (Wildman–Crippen MR) is 73.3 cm³/mol. The van der Waals surface area contributed by atoms with Crippen LogP contribution in [0.5, 0.6) is 5.75 Å². The molecule has 17 heavy (non-hydrogen) atoms. The van der Waals surface area contributed by atoms with Crippen LogP contribution in [-0.2, 0) is 0 Å². The van der Waals surface area contributed by atoms with E-state index in [1.54, 1.807) is 0 Å². The van der Waals surface area contributed by atoms with E-state index < -0.39 is 0 Å². The van der Waals surface area contributed by atoms with Gasteiger partial charge in [-0.05, 0) is 55.1 Å². The van der Waals surface area contributed by atoms with Gasteiger partial charge in [0.1, 0.15) is 11.2 Å². The molecule has 0 fully saturated rings. The van der Waals surface area contributed by atoms with E-state index in [-0.39, 0.29) is 0 Å². The minimum atomic E-state index is 0.548. The van der Waals surface area contributed by atoms with Crippen LogP contribution in [0.15, 0.2) is 24.3 Å². The molecule has 92 valence electrons. The number of nitriles is 1. The minimum absolute atomic E-state index is 0.548. The molecule has 0 aliphatic rings. The molecule has 0 aromatic heterocycles. The van der Waals surface area contributed by atoms with Crippen LogP contribution in [0.2, 0.25) is 0 Å². The maximum Gasteiger partial charge on any atom is 0.133 e. The molecule has 0 spiro atoms. The minimum Gasteiger partial charge on any atom is -0.494 e. The fourth-order valence-corrected chi connectivity index (χ4v) is 2.35. The van der Waals surface area contributed by atoms with Crippen LogP contribution in [0.3, 0.4) is 0 Å². The van der Waals surface area contributed by atoms with Crippen molar-refractivity contribution in [3.8, 4) is 11.2 Å². The van der Waals surface area contributed by atoms with Crippen LogP contribution in [0.1, 0.15) is 38.2 Å². The van der Waals surface area contributed by atoms with Crippen LogP contribution in [0.4, 0.5) is 0 Å². The lowest BCUT2D eigenvalue weighted by Gasteiger charge is -2.14. The van der Waals surface area contributed by atoms with Gasteiger partial charge in [0.2, 0.25) is 0 Å². The first-order valence-electron chi connectivity index (χ1n) is 6.05. The monoisotopic (exact) mass is 249 g/mol. The summed E-state index contributed by atoms with van der Waals surface area (Å²) in [6, 6.07) is 8.32. The van der Waals surface area contributed by atoms with Gasteiger partial charge in [0.05, 0.1) is 6.61 Å². The number of thiocyanates is 1. The van der Waals surface area contributed by atoms with Gasteiger partial charge >= 0.3 is 0 Å². The van der Waals surface area contributed by atoms with E-state index in [1.807, 2.05) is 19.1 Å². The summed E-state index contributed by atoms with van der Waals surface area (Å²) in [6.07, 6.45) is 2.17. The van der Waals surface area contributed by atoms with E-state index >= 15 is 0 Å². The van der Waals surface area contributed by atoms with Crippen molar-refractivity contribution >= 4 is 11.8 Å². The van der Waals surface area contributed by atoms with E-state index in [2.05, 4.69) is 24.5 Å². The Labute approximate surface area is 108 Å². The number of thioether (sulfide) groups is 1. The molecule has 0 saturated heterocycles. The highest BCUT2D eigenvalue weighted by Gasteiger charge is 2.09. The fourth-order valence-electron chi connectivity index (χ4n) is 1.86. The van der Waals surface area contributed by atoms with Crippen LogP contribution in [0.25, 0.3) is 0 Å². The molecule has 1 atom stereocenters. The van der Waals surface area contributed by atoms with E-state index in [9.17, 15) is 0 Å². The Morgan fingerprint density at radius 3 is 2.53 bits per heavy atom. The van der Waals surface area contributed by atoms with Crippen molar-refractivity contribution in [3.63, 3.8) is 0 Å². The Hall–Kier alpha value is -1.14. The zero-order valence-corrected chi connectivity index (χ0v) is 11.3. The van der Waals surface area contributed by atoms with Gasteiger partial charge in [0.25, 0.3) is 0 Å². The zero-order valence-electron chi connectivity index (χ0n) is 10.5. The second-order valence-electron chi connectivity index (χ2n) is 3.84. The van der Waals surface area contributed by atoms with Crippen molar-refractivity contribution in [2.24, 2.45) is 0 Å². The van der Waals surface area contributed by atoms with Gasteiger partial charge in [0, 0.05) is 5.75 Å². The number of hydrogen-bond donors (Lipinski definition) is 0. The topological polar surface area (TPSA) is 33.0 Å². The zero-order chi connectivity index (χ0) is 12.5. The van der Waals surface area contributed by atoms with E-state index in [4.69, 9.17) is 10.00 Å². The molecular formula is C14H19NOS. The molecule has 0 amide bonds. The summed E-state index contributed by atoms with van der Waals surface area (Å²) in [7, 11) is 0. The molecule has 0 aliphatic heterocycles. The summed E-state index contributed by atoms with van der Waals surface area (Å²) in [5.74, 6) is 2.38. The third-order valence-corrected chi connectivity index (χ3v) is 3.36. The quantitative estimate of drug-likeness (QED) is 0.537. The standard InChI is InChI=1S/C14H19NOS/c1-3-12(9-10-17-11-15)13-5-7-14(8-6-13)16-4-2/h5-8,12H,3-4,9-10H2,1-2H3. The largest absolute Gasteiger partial charge is 0.494 e. The normalized spacial score (nSPS) is 11.8. The Morgan fingerprint density at radius 1 is 1.29 bits per heavy atom. The Morgan fingerprint density at radius 2 is 2.00 bits per heavy atom. The third-order valence-electron chi connectivity index (χ3n) is 2.79. The molecule has 1 aromatic carbocycles. The third kappa shape index (κ3) is 4.70. The SMILES string of the molecule is CCOc1ccc(C(CC)CCSC#N)cc1. The molecule has 1 rings (SSSR count). The highest BCUT2D eigenvalue weighted by atomic mass is 32.2. The van der Waals surface area contributed by atoms with Crippen molar-refractivity contribution in [1.29, 1.82) is 5.26 Å². The molecule has 0 heterocycles. The second-order valence-corrected chi connectivity index (χ2v) is 4.72. The van der Waals surface area contributed by atoms with Crippen molar-refractivity contribution in [3.05, 3.63) is 29.8 Å². The number of nitrogens with zero attached hydrogens (tertiary/aromatic N) is 1. The maximum absolute atomic E-state index is 8.51. The summed E-state index contributed by atoms with van der Waals surface area (Å²) in [6.45, 7) is 4.88. The van der Waals surface area contributed by atoms with Gasteiger partial charge in [-0.3, -0.25) is 0 Å². The van der Waals surface area contributed by atoms with Crippen molar-refractivity contribution in [2.75, 3.05) is 12.4 Å². The van der Waals surface area contributed by atoms with Gasteiger partial charge in [-0.15, -0.1) is 0 Å². The first kappa shape index (κ1) is 13.9. The maximum atomic E-state index is 8.51. The highest BCUT2D eigenvalue weighted by Crippen LogP contribution is 2.26. The average Bonchev–Trinajstić information content (AvgIpc) is 2.36. The van der Waals surface area contributed by atoms with Gasteiger partial charge in [-0.1, -0.05) is 19.1 Å². The Balaban J connectivity index is 2.59. The summed E-state index contributed by atoms with van der Waals surface area (Å²) in [5.41, 5.74) is 1.34. The molecule has 2 nitrogen and oxygen atoms in total. The number of rotatable bonds is 7. The van der Waals surface area contributed by atoms with Gasteiger partial charge in [0.15, 0.2) is 0 Å². The summed E-state index contributed by atoms with van der Waals surface area (Å²) >= 11 is 1.34. The van der Waals surface area contributed by atoms with Crippen molar-refractivity contribution < 1.29 is 4.74 Å². The summed E-state index contributed by atoms with van der Waals surface area (Å²) in [5, 5.41) is 10.6. The Bertz CT molecular complexity index is 355. The van der Waals surface area contributed by atoms with Gasteiger partial charge < -0.3 is 4.74 Å². The Kier molecular flexibility index (Phi) is 6.57. The lowest BCUT2D eigenvalue weighted by molar-refractivity contribution is 0.340. The van der Waals surface area contributed by atoms with E-state index in [0.29, 0.717) is 12.5 Å². The van der Waals surface area contributed by atoms with Crippen LogP contribution >= 0.6 is 11.8 Å². The molecule has 1 unspecified atom stereocenters. The molecule has 0 N–H and O–H groups in total. The van der Waals surface area contributed by atoms with Crippen LogP contribution in [0, 0.1) is 10.7 Å². The lowest BCUT2D eigenvalue weighted by atomic mass is 9.94. The molecule has 3 heteroatoms. The molecule has 0 saturated carbocycles. The van der Waals surface area contributed by atoms with E-state index in [0.717, 1.165) is 24.3 Å². The van der Waals surface area contributed by atoms with Gasteiger partial charge in [-0.25, -0.2) is 0 Å². The fraction of sp³-hybridized carbons (Fsp3) is 0.500. The highest BCUT2D eigenvalue weighted by molar-refractivity contribution is 8.03. The van der Waals surface area contributed by atoms with E-state index in [1.165, 1.54) is 17.3 Å². The number of benzene rings is 1. The van der Waals surface area contributed by atoms with Gasteiger partial charge in [-0.2, -0.15) is 5.26 Å². The molecular weight excluding hydrogens is 230 g/mol. The number of hydrogen-bond acceptors (Lipinski definition) is 3. The molecule has 0 aliphatic carbocycles. The molecule has 0 bridgehead atoms. The molecule has 1 aromatic rings. The average molecular weight is 249 g/mol. The van der Waals surface area contributed by atoms with Crippen LogP contribution < -0.4 is 4.74 Å². The molecule has 0 radical (unpaired) electrons. The first-order valence-corrected chi connectivity index (χ1v) is 7.04. The lowest BCUT2D eigenvalue weighted by Crippen LogP contribution is -1.99.